The fourth-order valence-electron chi connectivity index (χ4n) is 5.18. The third-order valence-corrected chi connectivity index (χ3v) is 7.81. The summed E-state index contributed by atoms with van der Waals surface area (Å²) in [6.07, 6.45) is 50.9. The Labute approximate surface area is 247 Å². The summed E-state index contributed by atoms with van der Waals surface area (Å²) in [6, 6.07) is 0. The molecule has 0 fully saturated rings. The maximum Gasteiger partial charge on any atom is -0.00143 e. The average Bonchev–Trinajstić information content (AvgIpc) is 2.95. The maximum atomic E-state index is 5.53. The SMILES string of the molecule is CCCCCCCCCCCCCCCCCCCNCCC=CCC=CCC=CCCCCCCCCN. The second kappa shape index (κ2) is 37.1. The van der Waals surface area contributed by atoms with Crippen LogP contribution in [0.2, 0.25) is 0 Å². The molecule has 2 nitrogen and oxygen atoms in total. The number of nitrogens with two attached hydrogens (primary N) is 1. The van der Waals surface area contributed by atoms with Crippen LogP contribution in [-0.2, 0) is 0 Å². The Morgan fingerprint density at radius 1 is 0.385 bits per heavy atom. The lowest BCUT2D eigenvalue weighted by Crippen LogP contribution is -2.15. The summed E-state index contributed by atoms with van der Waals surface area (Å²) in [5.41, 5.74) is 5.53. The van der Waals surface area contributed by atoms with Crippen LogP contribution in [0.25, 0.3) is 0 Å². The van der Waals surface area contributed by atoms with Gasteiger partial charge in [-0.2, -0.15) is 0 Å². The molecule has 0 bridgehead atoms. The fraction of sp³-hybridized carbons (Fsp3) is 0.838. The first kappa shape index (κ1) is 38.1. The lowest BCUT2D eigenvalue weighted by atomic mass is 10.0. The molecule has 0 saturated heterocycles. The lowest BCUT2D eigenvalue weighted by molar-refractivity contribution is 0.524. The Bertz CT molecular complexity index is 508. The highest BCUT2D eigenvalue weighted by atomic mass is 14.8. The van der Waals surface area contributed by atoms with E-state index in [1.807, 2.05) is 0 Å². The van der Waals surface area contributed by atoms with E-state index < -0.39 is 0 Å². The van der Waals surface area contributed by atoms with Crippen LogP contribution in [0.15, 0.2) is 36.5 Å². The van der Waals surface area contributed by atoms with Gasteiger partial charge in [-0.1, -0.05) is 172 Å². The van der Waals surface area contributed by atoms with E-state index in [4.69, 9.17) is 5.73 Å². The molecule has 0 aliphatic carbocycles. The number of allylic oxidation sites excluding steroid dienone is 5. The van der Waals surface area contributed by atoms with Crippen molar-refractivity contribution in [2.75, 3.05) is 19.6 Å². The van der Waals surface area contributed by atoms with E-state index in [2.05, 4.69) is 48.7 Å². The number of rotatable bonds is 33. The smallest absolute Gasteiger partial charge is 0.00143 e. The molecule has 230 valence electrons. The van der Waals surface area contributed by atoms with Crippen LogP contribution >= 0.6 is 0 Å². The van der Waals surface area contributed by atoms with E-state index in [-0.39, 0.29) is 0 Å². The molecule has 0 saturated carbocycles. The highest BCUT2D eigenvalue weighted by Gasteiger charge is 1.95. The average molecular weight is 545 g/mol. The molecule has 39 heavy (non-hydrogen) atoms. The summed E-state index contributed by atoms with van der Waals surface area (Å²) in [5.74, 6) is 0. The minimum absolute atomic E-state index is 0.850. The summed E-state index contributed by atoms with van der Waals surface area (Å²) in [4.78, 5) is 0. The Hall–Kier alpha value is -0.860. The van der Waals surface area contributed by atoms with Gasteiger partial charge in [0.1, 0.15) is 0 Å². The minimum atomic E-state index is 0.850. The lowest BCUT2D eigenvalue weighted by Gasteiger charge is -2.04. The monoisotopic (exact) mass is 545 g/mol. The van der Waals surface area contributed by atoms with E-state index in [9.17, 15) is 0 Å². The summed E-state index contributed by atoms with van der Waals surface area (Å²) in [5, 5.41) is 3.61. The summed E-state index contributed by atoms with van der Waals surface area (Å²) in [6.45, 7) is 5.46. The Kier molecular flexibility index (Phi) is 36.3. The van der Waals surface area contributed by atoms with E-state index in [1.54, 1.807) is 0 Å². The highest BCUT2D eigenvalue weighted by molar-refractivity contribution is 4.97. The van der Waals surface area contributed by atoms with E-state index >= 15 is 0 Å². The molecule has 3 N–H and O–H groups in total. The van der Waals surface area contributed by atoms with Crippen LogP contribution in [0, 0.1) is 0 Å². The predicted molar refractivity (Wildman–Crippen MR) is 180 cm³/mol. The molecule has 0 unspecified atom stereocenters. The summed E-state index contributed by atoms with van der Waals surface area (Å²) >= 11 is 0. The number of hydrogen-bond acceptors (Lipinski definition) is 2. The zero-order valence-corrected chi connectivity index (χ0v) is 26.8. The molecule has 0 aromatic heterocycles. The summed E-state index contributed by atoms with van der Waals surface area (Å²) in [7, 11) is 0. The first-order valence-corrected chi connectivity index (χ1v) is 17.8. The highest BCUT2D eigenvalue weighted by Crippen LogP contribution is 2.14. The van der Waals surface area contributed by atoms with Crippen molar-refractivity contribution in [1.29, 1.82) is 0 Å². The van der Waals surface area contributed by atoms with Crippen molar-refractivity contribution >= 4 is 0 Å². The fourth-order valence-corrected chi connectivity index (χ4v) is 5.18. The molecular formula is C37H72N2. The molecule has 0 rings (SSSR count). The van der Waals surface area contributed by atoms with Crippen molar-refractivity contribution in [1.82, 2.24) is 5.32 Å². The van der Waals surface area contributed by atoms with Crippen LogP contribution in [0.5, 0.6) is 0 Å². The molecule has 0 aliphatic rings. The van der Waals surface area contributed by atoms with Crippen molar-refractivity contribution in [2.45, 2.75) is 180 Å². The topological polar surface area (TPSA) is 38.0 Å². The Morgan fingerprint density at radius 3 is 1.26 bits per heavy atom. The van der Waals surface area contributed by atoms with Gasteiger partial charge in [-0.3, -0.25) is 0 Å². The van der Waals surface area contributed by atoms with Gasteiger partial charge in [-0.05, 0) is 64.6 Å². The largest absolute Gasteiger partial charge is 0.330 e. The van der Waals surface area contributed by atoms with Crippen molar-refractivity contribution in [2.24, 2.45) is 5.73 Å². The van der Waals surface area contributed by atoms with Crippen molar-refractivity contribution in [3.05, 3.63) is 36.5 Å². The van der Waals surface area contributed by atoms with Crippen molar-refractivity contribution in [3.8, 4) is 0 Å². The van der Waals surface area contributed by atoms with Gasteiger partial charge in [0, 0.05) is 0 Å². The van der Waals surface area contributed by atoms with Gasteiger partial charge in [0.05, 0.1) is 0 Å². The van der Waals surface area contributed by atoms with Crippen LogP contribution in [0.1, 0.15) is 180 Å². The van der Waals surface area contributed by atoms with Gasteiger partial charge >= 0.3 is 0 Å². The number of hydrogen-bond donors (Lipinski definition) is 2. The zero-order chi connectivity index (χ0) is 28.2. The second-order valence-corrected chi connectivity index (χ2v) is 11.8. The minimum Gasteiger partial charge on any atom is -0.330 e. The molecule has 0 radical (unpaired) electrons. The first-order valence-electron chi connectivity index (χ1n) is 17.8. The second-order valence-electron chi connectivity index (χ2n) is 11.8. The quantitative estimate of drug-likeness (QED) is 0.0636. The van der Waals surface area contributed by atoms with Crippen LogP contribution in [-0.4, -0.2) is 19.6 Å². The van der Waals surface area contributed by atoms with E-state index in [0.29, 0.717) is 0 Å². The van der Waals surface area contributed by atoms with Crippen LogP contribution in [0.3, 0.4) is 0 Å². The van der Waals surface area contributed by atoms with Gasteiger partial charge in [0.2, 0.25) is 0 Å². The standard InChI is InChI=1S/C37H72N2/c1-2-3-4-5-6-7-8-9-10-12-15-18-21-24-27-30-33-36-39-37-34-31-28-25-22-19-16-13-11-14-17-20-23-26-29-32-35-38/h11,13,19,22,28,31,39H,2-10,12,14-18,20-21,23-27,29-30,32-38H2,1H3. The number of nitrogens with one attached hydrogen (secondary N) is 1. The summed E-state index contributed by atoms with van der Waals surface area (Å²) < 4.78 is 0. The first-order chi connectivity index (χ1) is 19.4. The van der Waals surface area contributed by atoms with Gasteiger partial charge in [-0.25, -0.2) is 0 Å². The molecular weight excluding hydrogens is 472 g/mol. The Morgan fingerprint density at radius 2 is 0.769 bits per heavy atom. The molecule has 2 heteroatoms. The van der Waals surface area contributed by atoms with Gasteiger partial charge in [-0.15, -0.1) is 0 Å². The van der Waals surface area contributed by atoms with E-state index in [0.717, 1.165) is 32.4 Å². The molecule has 0 amide bonds. The maximum absolute atomic E-state index is 5.53. The molecule has 0 aliphatic heterocycles. The molecule has 0 spiro atoms. The molecule has 0 aromatic carbocycles. The normalized spacial score (nSPS) is 12.2. The van der Waals surface area contributed by atoms with Crippen LogP contribution < -0.4 is 11.1 Å². The van der Waals surface area contributed by atoms with Crippen LogP contribution in [0.4, 0.5) is 0 Å². The number of unbranched alkanes of at least 4 members (excludes halogenated alkanes) is 22. The van der Waals surface area contributed by atoms with Crippen molar-refractivity contribution in [3.63, 3.8) is 0 Å². The van der Waals surface area contributed by atoms with E-state index in [1.165, 1.54) is 161 Å². The predicted octanol–water partition coefficient (Wildman–Crippen LogP) is 11.8. The van der Waals surface area contributed by atoms with Gasteiger partial charge in [0.15, 0.2) is 0 Å². The third kappa shape index (κ3) is 37.1. The molecule has 0 aromatic rings. The Balaban J connectivity index is 3.18. The van der Waals surface area contributed by atoms with Crippen molar-refractivity contribution < 1.29 is 0 Å². The zero-order valence-electron chi connectivity index (χ0n) is 26.8. The third-order valence-electron chi connectivity index (χ3n) is 7.81. The molecule has 0 atom stereocenters. The van der Waals surface area contributed by atoms with Gasteiger partial charge < -0.3 is 11.1 Å². The van der Waals surface area contributed by atoms with Gasteiger partial charge in [0.25, 0.3) is 0 Å². The molecule has 0 heterocycles.